The Balaban J connectivity index is 2.59. The maximum atomic E-state index is 13.5. The van der Waals surface area contributed by atoms with Crippen LogP contribution in [0.15, 0.2) is 18.2 Å². The molecular formula is C14H18FN3. The maximum absolute atomic E-state index is 13.5. The summed E-state index contributed by atoms with van der Waals surface area (Å²) in [5, 5.41) is 4.41. The Morgan fingerprint density at radius 3 is 2.67 bits per heavy atom. The second-order valence-electron chi connectivity index (χ2n) is 4.60. The lowest BCUT2D eigenvalue weighted by Gasteiger charge is -2.04. The lowest BCUT2D eigenvalue weighted by molar-refractivity contribution is 0.627. The molecule has 4 heteroatoms. The van der Waals surface area contributed by atoms with E-state index in [1.165, 1.54) is 12.1 Å². The fourth-order valence-electron chi connectivity index (χ4n) is 2.18. The van der Waals surface area contributed by atoms with Crippen molar-refractivity contribution in [2.75, 3.05) is 5.73 Å². The molecule has 0 fully saturated rings. The smallest absolute Gasteiger partial charge is 0.125 e. The van der Waals surface area contributed by atoms with Gasteiger partial charge in [0.2, 0.25) is 0 Å². The summed E-state index contributed by atoms with van der Waals surface area (Å²) in [6, 6.07) is 4.95. The molecule has 0 amide bonds. The second kappa shape index (κ2) is 4.80. The molecular weight excluding hydrogens is 229 g/mol. The minimum absolute atomic E-state index is 0.239. The summed E-state index contributed by atoms with van der Waals surface area (Å²) in [6.45, 7) is 3.96. The van der Waals surface area contributed by atoms with E-state index in [1.807, 2.05) is 20.0 Å². The van der Waals surface area contributed by atoms with Gasteiger partial charge in [-0.1, -0.05) is 13.3 Å². The van der Waals surface area contributed by atoms with Crippen LogP contribution < -0.4 is 5.73 Å². The average Bonchev–Trinajstić information content (AvgIpc) is 2.56. The van der Waals surface area contributed by atoms with Crippen molar-refractivity contribution in [3.05, 3.63) is 35.1 Å². The van der Waals surface area contributed by atoms with E-state index in [-0.39, 0.29) is 5.82 Å². The van der Waals surface area contributed by atoms with Gasteiger partial charge in [-0.2, -0.15) is 5.10 Å². The van der Waals surface area contributed by atoms with Gasteiger partial charge < -0.3 is 5.73 Å². The first-order valence-corrected chi connectivity index (χ1v) is 6.11. The van der Waals surface area contributed by atoms with Crippen molar-refractivity contribution in [1.82, 2.24) is 9.78 Å². The van der Waals surface area contributed by atoms with Crippen LogP contribution in [-0.4, -0.2) is 9.78 Å². The molecule has 2 N–H and O–H groups in total. The van der Waals surface area contributed by atoms with Crippen LogP contribution in [-0.2, 0) is 13.5 Å². The highest BCUT2D eigenvalue weighted by Gasteiger charge is 2.15. The van der Waals surface area contributed by atoms with Crippen molar-refractivity contribution in [3.8, 4) is 11.3 Å². The molecule has 0 spiro atoms. The van der Waals surface area contributed by atoms with Crippen LogP contribution in [0.5, 0.6) is 0 Å². The minimum Gasteiger partial charge on any atom is -0.384 e. The van der Waals surface area contributed by atoms with Crippen molar-refractivity contribution in [3.63, 3.8) is 0 Å². The molecule has 0 bridgehead atoms. The number of hydrogen-bond acceptors (Lipinski definition) is 2. The predicted octanol–water partition coefficient (Wildman–Crippen LogP) is 3.07. The lowest BCUT2D eigenvalue weighted by atomic mass is 10.0. The van der Waals surface area contributed by atoms with Crippen molar-refractivity contribution in [1.29, 1.82) is 0 Å². The minimum atomic E-state index is -0.239. The average molecular weight is 247 g/mol. The quantitative estimate of drug-likeness (QED) is 0.905. The fraction of sp³-hybridized carbons (Fsp3) is 0.357. The monoisotopic (exact) mass is 247 g/mol. The van der Waals surface area contributed by atoms with E-state index in [0.29, 0.717) is 5.82 Å². The number of aryl methyl sites for hydroxylation is 2. The molecule has 0 aliphatic carbocycles. The number of hydrogen-bond donors (Lipinski definition) is 1. The Morgan fingerprint density at radius 2 is 2.06 bits per heavy atom. The van der Waals surface area contributed by atoms with Crippen molar-refractivity contribution in [2.24, 2.45) is 7.05 Å². The molecule has 0 saturated carbocycles. The van der Waals surface area contributed by atoms with Gasteiger partial charge in [-0.05, 0) is 37.1 Å². The van der Waals surface area contributed by atoms with E-state index in [4.69, 9.17) is 5.73 Å². The maximum Gasteiger partial charge on any atom is 0.125 e. The molecule has 18 heavy (non-hydrogen) atoms. The Morgan fingerprint density at radius 1 is 1.33 bits per heavy atom. The highest BCUT2D eigenvalue weighted by Crippen LogP contribution is 2.29. The van der Waals surface area contributed by atoms with Crippen molar-refractivity contribution < 1.29 is 4.39 Å². The van der Waals surface area contributed by atoms with Crippen LogP contribution in [0.4, 0.5) is 10.2 Å². The summed E-state index contributed by atoms with van der Waals surface area (Å²) in [5.41, 5.74) is 9.49. The zero-order valence-corrected chi connectivity index (χ0v) is 11.0. The van der Waals surface area contributed by atoms with E-state index in [0.717, 1.165) is 35.2 Å². The molecule has 96 valence electrons. The van der Waals surface area contributed by atoms with E-state index in [1.54, 1.807) is 4.68 Å². The van der Waals surface area contributed by atoms with Crippen LogP contribution in [0.3, 0.4) is 0 Å². The van der Waals surface area contributed by atoms with Gasteiger partial charge >= 0.3 is 0 Å². The van der Waals surface area contributed by atoms with Crippen LogP contribution in [0.25, 0.3) is 11.3 Å². The molecule has 3 nitrogen and oxygen atoms in total. The molecule has 1 heterocycles. The summed E-state index contributed by atoms with van der Waals surface area (Å²) in [4.78, 5) is 0. The SMILES string of the molecule is CCCc1c(-c2cc(C)cc(F)c2)nn(C)c1N. The summed E-state index contributed by atoms with van der Waals surface area (Å²) < 4.78 is 15.1. The first-order chi connectivity index (χ1) is 8.52. The number of nitrogens with two attached hydrogens (primary N) is 1. The van der Waals surface area contributed by atoms with Gasteiger partial charge in [-0.3, -0.25) is 4.68 Å². The van der Waals surface area contributed by atoms with Crippen LogP contribution in [0, 0.1) is 12.7 Å². The van der Waals surface area contributed by atoms with Crippen LogP contribution in [0.2, 0.25) is 0 Å². The summed E-state index contributed by atoms with van der Waals surface area (Å²) in [6.07, 6.45) is 1.84. The highest BCUT2D eigenvalue weighted by molar-refractivity contribution is 5.69. The standard InChI is InChI=1S/C14H18FN3/c1-4-5-12-13(17-18(3)14(12)16)10-6-9(2)7-11(15)8-10/h6-8H,4-5,16H2,1-3H3. The topological polar surface area (TPSA) is 43.8 Å². The second-order valence-corrected chi connectivity index (χ2v) is 4.60. The van der Waals surface area contributed by atoms with E-state index in [9.17, 15) is 4.39 Å². The van der Waals surface area contributed by atoms with Gasteiger partial charge in [0.15, 0.2) is 0 Å². The number of halogens is 1. The molecule has 0 aliphatic rings. The van der Waals surface area contributed by atoms with Crippen LogP contribution >= 0.6 is 0 Å². The Labute approximate surface area is 106 Å². The van der Waals surface area contributed by atoms with E-state index < -0.39 is 0 Å². The summed E-state index contributed by atoms with van der Waals surface area (Å²) in [7, 11) is 1.81. The molecule has 1 aromatic heterocycles. The third kappa shape index (κ3) is 2.23. The van der Waals surface area contributed by atoms with Crippen LogP contribution in [0.1, 0.15) is 24.5 Å². The molecule has 0 radical (unpaired) electrons. The number of anilines is 1. The third-order valence-corrected chi connectivity index (χ3v) is 3.01. The van der Waals surface area contributed by atoms with Crippen molar-refractivity contribution >= 4 is 5.82 Å². The Hall–Kier alpha value is -1.84. The Kier molecular flexibility index (Phi) is 3.36. The molecule has 0 saturated heterocycles. The number of nitrogens with zero attached hydrogens (tertiary/aromatic N) is 2. The number of benzene rings is 1. The number of aromatic nitrogens is 2. The normalized spacial score (nSPS) is 10.9. The van der Waals surface area contributed by atoms with Gasteiger partial charge in [0.1, 0.15) is 11.6 Å². The number of nitrogen functional groups attached to an aromatic ring is 1. The van der Waals surface area contributed by atoms with Gasteiger partial charge in [-0.25, -0.2) is 4.39 Å². The predicted molar refractivity (Wildman–Crippen MR) is 71.7 cm³/mol. The molecule has 0 aliphatic heterocycles. The van der Waals surface area contributed by atoms with E-state index >= 15 is 0 Å². The number of rotatable bonds is 3. The highest BCUT2D eigenvalue weighted by atomic mass is 19.1. The van der Waals surface area contributed by atoms with Gasteiger partial charge in [0.05, 0.1) is 5.69 Å². The largest absolute Gasteiger partial charge is 0.384 e. The molecule has 0 atom stereocenters. The first-order valence-electron chi connectivity index (χ1n) is 6.11. The first kappa shape index (κ1) is 12.6. The molecule has 2 aromatic rings. The fourth-order valence-corrected chi connectivity index (χ4v) is 2.18. The van der Waals surface area contributed by atoms with Gasteiger partial charge in [0.25, 0.3) is 0 Å². The van der Waals surface area contributed by atoms with E-state index in [2.05, 4.69) is 12.0 Å². The Bertz CT molecular complexity index is 552. The van der Waals surface area contributed by atoms with Crippen molar-refractivity contribution in [2.45, 2.75) is 26.7 Å². The lowest BCUT2D eigenvalue weighted by Crippen LogP contribution is -1.99. The van der Waals surface area contributed by atoms with Gasteiger partial charge in [-0.15, -0.1) is 0 Å². The van der Waals surface area contributed by atoms with Gasteiger partial charge in [0, 0.05) is 18.2 Å². The molecule has 2 rings (SSSR count). The summed E-state index contributed by atoms with van der Waals surface area (Å²) in [5.74, 6) is 0.422. The third-order valence-electron chi connectivity index (χ3n) is 3.01. The molecule has 1 aromatic carbocycles. The summed E-state index contributed by atoms with van der Waals surface area (Å²) >= 11 is 0. The molecule has 0 unspecified atom stereocenters. The zero-order valence-electron chi connectivity index (χ0n) is 11.0. The zero-order chi connectivity index (χ0) is 13.3.